The second-order valence-electron chi connectivity index (χ2n) is 3.57. The van der Waals surface area contributed by atoms with Gasteiger partial charge in [0.25, 0.3) is 0 Å². The van der Waals surface area contributed by atoms with Gasteiger partial charge in [-0.25, -0.2) is 0 Å². The molecule has 0 unspecified atom stereocenters. The Hall–Kier alpha value is -0.290. The van der Waals surface area contributed by atoms with Gasteiger partial charge in [-0.1, -0.05) is 0 Å². The van der Waals surface area contributed by atoms with Crippen LogP contribution in [0.25, 0.3) is 0 Å². The molecule has 2 N–H and O–H groups in total. The van der Waals surface area contributed by atoms with Gasteiger partial charge < -0.3 is 10.6 Å². The number of nitrogens with zero attached hydrogens (tertiary/aromatic N) is 1. The summed E-state index contributed by atoms with van der Waals surface area (Å²) in [6.07, 6.45) is -3.59. The number of nitrogens with two attached hydrogens (primary N) is 1. The zero-order chi connectivity index (χ0) is 9.90. The molecule has 0 aromatic rings. The molecular weight excluding hydrogens is 181 g/mol. The average molecular weight is 196 g/mol. The van der Waals surface area contributed by atoms with E-state index in [1.807, 2.05) is 4.90 Å². The number of rotatable bonds is 3. The Bertz CT molecular complexity index is 158. The van der Waals surface area contributed by atoms with Crippen LogP contribution < -0.4 is 5.73 Å². The molecule has 0 saturated carbocycles. The molecule has 1 saturated heterocycles. The maximum Gasteiger partial charge on any atom is 0.389 e. The molecule has 5 heteroatoms. The molecule has 0 radical (unpaired) electrons. The predicted molar refractivity (Wildman–Crippen MR) is 44.3 cm³/mol. The van der Waals surface area contributed by atoms with Gasteiger partial charge >= 0.3 is 6.18 Å². The van der Waals surface area contributed by atoms with Crippen LogP contribution in [0.2, 0.25) is 0 Å². The van der Waals surface area contributed by atoms with Gasteiger partial charge in [0, 0.05) is 19.0 Å². The fourth-order valence-electron chi connectivity index (χ4n) is 1.57. The zero-order valence-electron chi connectivity index (χ0n) is 7.48. The monoisotopic (exact) mass is 196 g/mol. The van der Waals surface area contributed by atoms with Crippen molar-refractivity contribution in [1.82, 2.24) is 4.90 Å². The minimum absolute atomic E-state index is 0.158. The molecular formula is C8H15F3N2. The Morgan fingerprint density at radius 2 is 2.08 bits per heavy atom. The van der Waals surface area contributed by atoms with Gasteiger partial charge in [0.05, 0.1) is 0 Å². The third-order valence-corrected chi connectivity index (χ3v) is 2.24. The molecule has 1 atom stereocenters. The van der Waals surface area contributed by atoms with Crippen LogP contribution in [0.5, 0.6) is 0 Å². The normalized spacial score (nSPS) is 25.4. The average Bonchev–Trinajstić information content (AvgIpc) is 2.33. The molecule has 0 amide bonds. The number of likely N-dealkylation sites (tertiary alicyclic amines) is 1. The maximum atomic E-state index is 11.8. The Balaban J connectivity index is 2.07. The summed E-state index contributed by atoms with van der Waals surface area (Å²) >= 11 is 0. The van der Waals surface area contributed by atoms with Gasteiger partial charge in [-0.15, -0.1) is 0 Å². The topological polar surface area (TPSA) is 29.3 Å². The second kappa shape index (κ2) is 4.28. The summed E-state index contributed by atoms with van der Waals surface area (Å²) < 4.78 is 35.3. The Morgan fingerprint density at radius 1 is 1.38 bits per heavy atom. The van der Waals surface area contributed by atoms with Crippen LogP contribution in [-0.2, 0) is 0 Å². The molecule has 0 spiro atoms. The van der Waals surface area contributed by atoms with E-state index in [1.165, 1.54) is 0 Å². The Kier molecular flexibility index (Phi) is 3.55. The third kappa shape index (κ3) is 4.47. The van der Waals surface area contributed by atoms with Crippen LogP contribution in [0.4, 0.5) is 13.2 Å². The quantitative estimate of drug-likeness (QED) is 0.738. The van der Waals surface area contributed by atoms with Crippen molar-refractivity contribution in [1.29, 1.82) is 0 Å². The van der Waals surface area contributed by atoms with E-state index in [4.69, 9.17) is 5.73 Å². The van der Waals surface area contributed by atoms with Gasteiger partial charge in [0.1, 0.15) is 0 Å². The highest BCUT2D eigenvalue weighted by molar-refractivity contribution is 4.77. The molecule has 0 aromatic heterocycles. The molecule has 1 heterocycles. The van der Waals surface area contributed by atoms with Gasteiger partial charge in [-0.2, -0.15) is 13.2 Å². The van der Waals surface area contributed by atoms with Gasteiger partial charge in [0.2, 0.25) is 0 Å². The highest BCUT2D eigenvalue weighted by atomic mass is 19.4. The van der Waals surface area contributed by atoms with Gasteiger partial charge in [-0.3, -0.25) is 0 Å². The first-order valence-electron chi connectivity index (χ1n) is 4.52. The predicted octanol–water partition coefficient (Wildman–Crippen LogP) is 1.36. The van der Waals surface area contributed by atoms with E-state index in [9.17, 15) is 13.2 Å². The van der Waals surface area contributed by atoms with Crippen molar-refractivity contribution in [3.63, 3.8) is 0 Å². The number of alkyl halides is 3. The molecule has 0 bridgehead atoms. The van der Waals surface area contributed by atoms with Crippen molar-refractivity contribution >= 4 is 0 Å². The first-order valence-corrected chi connectivity index (χ1v) is 4.52. The Labute approximate surface area is 75.9 Å². The third-order valence-electron chi connectivity index (χ3n) is 2.24. The molecule has 1 aliphatic heterocycles. The van der Waals surface area contributed by atoms with E-state index in [-0.39, 0.29) is 12.5 Å². The summed E-state index contributed by atoms with van der Waals surface area (Å²) in [6, 6.07) is 0.158. The summed E-state index contributed by atoms with van der Waals surface area (Å²) in [4.78, 5) is 2.00. The lowest BCUT2D eigenvalue weighted by Crippen LogP contribution is -2.27. The first kappa shape index (κ1) is 10.8. The standard InChI is InChI=1S/C8H15F3N2/c9-8(10,11)3-1-4-13-5-2-7(12)6-13/h7H,1-6,12H2/t7-/m1/s1. The number of hydrogen-bond acceptors (Lipinski definition) is 2. The smallest absolute Gasteiger partial charge is 0.326 e. The fourth-order valence-corrected chi connectivity index (χ4v) is 1.57. The molecule has 1 fully saturated rings. The Morgan fingerprint density at radius 3 is 2.54 bits per heavy atom. The number of hydrogen-bond donors (Lipinski definition) is 1. The summed E-state index contributed by atoms with van der Waals surface area (Å²) in [5.74, 6) is 0. The van der Waals surface area contributed by atoms with Gasteiger partial charge in [-0.05, 0) is 25.9 Å². The lowest BCUT2D eigenvalue weighted by atomic mass is 10.3. The van der Waals surface area contributed by atoms with Gasteiger partial charge in [0.15, 0.2) is 0 Å². The summed E-state index contributed by atoms with van der Waals surface area (Å²) in [7, 11) is 0. The van der Waals surface area contributed by atoms with E-state index in [0.717, 1.165) is 19.5 Å². The van der Waals surface area contributed by atoms with Crippen LogP contribution in [-0.4, -0.2) is 36.8 Å². The molecule has 0 aliphatic carbocycles. The van der Waals surface area contributed by atoms with Crippen LogP contribution in [0.1, 0.15) is 19.3 Å². The van der Waals surface area contributed by atoms with Crippen molar-refractivity contribution in [2.75, 3.05) is 19.6 Å². The maximum absolute atomic E-state index is 11.8. The second-order valence-corrected chi connectivity index (χ2v) is 3.57. The first-order chi connectivity index (χ1) is 5.97. The molecule has 13 heavy (non-hydrogen) atoms. The van der Waals surface area contributed by atoms with Crippen molar-refractivity contribution in [3.05, 3.63) is 0 Å². The van der Waals surface area contributed by atoms with E-state index < -0.39 is 12.6 Å². The van der Waals surface area contributed by atoms with Crippen molar-refractivity contribution < 1.29 is 13.2 Å². The number of halogens is 3. The fraction of sp³-hybridized carbons (Fsp3) is 1.00. The minimum atomic E-state index is -4.01. The molecule has 78 valence electrons. The zero-order valence-corrected chi connectivity index (χ0v) is 7.48. The van der Waals surface area contributed by atoms with Crippen LogP contribution >= 0.6 is 0 Å². The lowest BCUT2D eigenvalue weighted by molar-refractivity contribution is -0.136. The summed E-state index contributed by atoms with van der Waals surface area (Å²) in [5.41, 5.74) is 5.62. The van der Waals surface area contributed by atoms with E-state index >= 15 is 0 Å². The van der Waals surface area contributed by atoms with E-state index in [1.54, 1.807) is 0 Å². The van der Waals surface area contributed by atoms with Crippen LogP contribution in [0.3, 0.4) is 0 Å². The highest BCUT2D eigenvalue weighted by Crippen LogP contribution is 2.21. The van der Waals surface area contributed by atoms with E-state index in [2.05, 4.69) is 0 Å². The molecule has 2 nitrogen and oxygen atoms in total. The molecule has 1 rings (SSSR count). The summed E-state index contributed by atoms with van der Waals surface area (Å²) in [5, 5.41) is 0. The van der Waals surface area contributed by atoms with Crippen LogP contribution in [0, 0.1) is 0 Å². The SMILES string of the molecule is N[C@@H]1CCN(CCCC(F)(F)F)C1. The van der Waals surface area contributed by atoms with Crippen molar-refractivity contribution in [2.24, 2.45) is 5.73 Å². The van der Waals surface area contributed by atoms with Crippen LogP contribution in [0.15, 0.2) is 0 Å². The van der Waals surface area contributed by atoms with Crippen molar-refractivity contribution in [2.45, 2.75) is 31.5 Å². The van der Waals surface area contributed by atoms with E-state index in [0.29, 0.717) is 6.54 Å². The lowest BCUT2D eigenvalue weighted by Gasteiger charge is -2.15. The largest absolute Gasteiger partial charge is 0.389 e. The summed E-state index contributed by atoms with van der Waals surface area (Å²) in [6.45, 7) is 2.12. The minimum Gasteiger partial charge on any atom is -0.326 e. The van der Waals surface area contributed by atoms with Crippen molar-refractivity contribution in [3.8, 4) is 0 Å². The molecule has 1 aliphatic rings. The molecule has 0 aromatic carbocycles. The highest BCUT2D eigenvalue weighted by Gasteiger charge is 2.27.